The molecule has 0 atom stereocenters. The van der Waals surface area contributed by atoms with Crippen LogP contribution in [-0.4, -0.2) is 37.4 Å². The lowest BCUT2D eigenvalue weighted by Crippen LogP contribution is -2.12. The molecule has 3 rings (SSSR count). The van der Waals surface area contributed by atoms with Crippen LogP contribution in [0.2, 0.25) is 0 Å². The van der Waals surface area contributed by atoms with Crippen LogP contribution in [0.3, 0.4) is 0 Å². The predicted octanol–water partition coefficient (Wildman–Crippen LogP) is 2.79. The van der Waals surface area contributed by atoms with Crippen molar-refractivity contribution in [1.82, 2.24) is 10.2 Å². The number of benzene rings is 2. The highest BCUT2D eigenvalue weighted by atomic mass is 32.2. The van der Waals surface area contributed by atoms with Crippen LogP contribution in [0.15, 0.2) is 57.8 Å². The van der Waals surface area contributed by atoms with Gasteiger partial charge in [0.25, 0.3) is 5.91 Å². The Morgan fingerprint density at radius 2 is 1.89 bits per heavy atom. The number of sulfone groups is 1. The minimum absolute atomic E-state index is 0.00637. The molecule has 8 nitrogen and oxygen atoms in total. The van der Waals surface area contributed by atoms with Crippen LogP contribution in [0.4, 0.5) is 6.01 Å². The summed E-state index contributed by atoms with van der Waals surface area (Å²) in [5.41, 5.74) is 0.919. The number of nitrogens with one attached hydrogen (secondary N) is 1. The van der Waals surface area contributed by atoms with Gasteiger partial charge in [0.05, 0.1) is 17.8 Å². The minimum Gasteiger partial charge on any atom is -0.497 e. The van der Waals surface area contributed by atoms with Crippen LogP contribution < -0.4 is 10.1 Å². The van der Waals surface area contributed by atoms with Gasteiger partial charge in [0.1, 0.15) is 5.75 Å². The van der Waals surface area contributed by atoms with Crippen molar-refractivity contribution in [1.29, 1.82) is 0 Å². The number of methoxy groups -OCH3 is 1. The molecule has 0 spiro atoms. The van der Waals surface area contributed by atoms with Crippen LogP contribution >= 0.6 is 0 Å². The zero-order chi connectivity index (χ0) is 19.4. The zero-order valence-electron chi connectivity index (χ0n) is 14.7. The Bertz CT molecular complexity index is 1060. The Kier molecular flexibility index (Phi) is 5.22. The van der Waals surface area contributed by atoms with Crippen molar-refractivity contribution < 1.29 is 22.4 Å². The summed E-state index contributed by atoms with van der Waals surface area (Å²) in [5, 5.41) is 10.2. The number of nitrogens with zero attached hydrogens (tertiary/aromatic N) is 2. The number of carbonyl (C=O) groups excluding carboxylic acids is 1. The lowest BCUT2D eigenvalue weighted by molar-refractivity contribution is 0.102. The first-order valence-electron chi connectivity index (χ1n) is 8.05. The molecule has 0 bridgehead atoms. The van der Waals surface area contributed by atoms with Gasteiger partial charge in [-0.15, -0.1) is 5.10 Å². The number of amides is 1. The molecule has 0 fully saturated rings. The van der Waals surface area contributed by atoms with E-state index in [9.17, 15) is 13.2 Å². The molecule has 1 aromatic heterocycles. The third-order valence-electron chi connectivity index (χ3n) is 3.82. The lowest BCUT2D eigenvalue weighted by atomic mass is 10.2. The molecule has 0 saturated carbocycles. The molecule has 0 saturated heterocycles. The van der Waals surface area contributed by atoms with E-state index in [4.69, 9.17) is 9.15 Å². The Morgan fingerprint density at radius 3 is 2.56 bits per heavy atom. The van der Waals surface area contributed by atoms with Gasteiger partial charge in [0.2, 0.25) is 5.89 Å². The molecular weight excluding hydrogens is 370 g/mol. The molecule has 3 aromatic rings. The van der Waals surface area contributed by atoms with E-state index in [0.29, 0.717) is 11.3 Å². The van der Waals surface area contributed by atoms with Crippen LogP contribution in [0.1, 0.15) is 17.3 Å². The van der Waals surface area contributed by atoms with E-state index in [2.05, 4.69) is 15.5 Å². The summed E-state index contributed by atoms with van der Waals surface area (Å²) in [7, 11) is -1.76. The average Bonchev–Trinajstić information content (AvgIpc) is 3.16. The Hall–Kier alpha value is -3.20. The summed E-state index contributed by atoms with van der Waals surface area (Å²) in [6.07, 6.45) is 0. The maximum absolute atomic E-state index is 12.3. The van der Waals surface area contributed by atoms with Crippen molar-refractivity contribution in [3.63, 3.8) is 0 Å². The molecule has 0 aliphatic carbocycles. The molecule has 140 valence electrons. The van der Waals surface area contributed by atoms with Gasteiger partial charge in [-0.2, -0.15) is 0 Å². The number of ether oxygens (including phenoxy) is 1. The zero-order valence-corrected chi connectivity index (χ0v) is 15.5. The van der Waals surface area contributed by atoms with E-state index in [1.807, 2.05) is 0 Å². The maximum Gasteiger partial charge on any atom is 0.322 e. The molecule has 0 aliphatic heterocycles. The van der Waals surface area contributed by atoms with E-state index in [1.165, 1.54) is 24.3 Å². The van der Waals surface area contributed by atoms with E-state index >= 15 is 0 Å². The highest BCUT2D eigenvalue weighted by Gasteiger charge is 2.15. The number of carbonyl (C=O) groups is 1. The molecule has 27 heavy (non-hydrogen) atoms. The number of hydrogen-bond acceptors (Lipinski definition) is 7. The molecule has 1 N–H and O–H groups in total. The van der Waals surface area contributed by atoms with Gasteiger partial charge in [-0.25, -0.2) is 8.42 Å². The predicted molar refractivity (Wildman–Crippen MR) is 98.4 cm³/mol. The highest BCUT2D eigenvalue weighted by molar-refractivity contribution is 7.91. The second-order valence-electron chi connectivity index (χ2n) is 5.53. The Labute approximate surface area is 156 Å². The SMILES string of the molecule is CCS(=O)(=O)c1ccc(C(=O)Nc2nnc(-c3cccc(OC)c3)o2)cc1. The minimum atomic E-state index is -3.32. The molecular formula is C18H17N3O5S. The van der Waals surface area contributed by atoms with Crippen molar-refractivity contribution >= 4 is 21.8 Å². The first-order valence-corrected chi connectivity index (χ1v) is 9.70. The van der Waals surface area contributed by atoms with Gasteiger partial charge in [-0.3, -0.25) is 10.1 Å². The van der Waals surface area contributed by atoms with Crippen molar-refractivity contribution in [3.05, 3.63) is 54.1 Å². The van der Waals surface area contributed by atoms with E-state index in [-0.39, 0.29) is 28.1 Å². The summed E-state index contributed by atoms with van der Waals surface area (Å²) in [4.78, 5) is 12.4. The first-order chi connectivity index (χ1) is 12.9. The second-order valence-corrected chi connectivity index (χ2v) is 7.80. The van der Waals surface area contributed by atoms with Crippen molar-refractivity contribution in [3.8, 4) is 17.2 Å². The molecule has 1 heterocycles. The van der Waals surface area contributed by atoms with Crippen LogP contribution in [0.5, 0.6) is 5.75 Å². The van der Waals surface area contributed by atoms with E-state index < -0.39 is 15.7 Å². The average molecular weight is 387 g/mol. The number of anilines is 1. The third kappa shape index (κ3) is 4.14. The fourth-order valence-corrected chi connectivity index (χ4v) is 3.18. The largest absolute Gasteiger partial charge is 0.497 e. The van der Waals surface area contributed by atoms with Crippen LogP contribution in [0, 0.1) is 0 Å². The molecule has 0 aliphatic rings. The highest BCUT2D eigenvalue weighted by Crippen LogP contribution is 2.24. The standard InChI is InChI=1S/C18H17N3O5S/c1-3-27(23,24)15-9-7-12(8-10-15)16(22)19-18-21-20-17(26-18)13-5-4-6-14(11-13)25-2/h4-11H,3H2,1-2H3,(H,19,21,22). The van der Waals surface area contributed by atoms with Gasteiger partial charge in [0, 0.05) is 11.1 Å². The van der Waals surface area contributed by atoms with Gasteiger partial charge < -0.3 is 9.15 Å². The van der Waals surface area contributed by atoms with Crippen molar-refractivity contribution in [2.75, 3.05) is 18.2 Å². The van der Waals surface area contributed by atoms with Gasteiger partial charge in [-0.1, -0.05) is 18.1 Å². The fraction of sp³-hybridized carbons (Fsp3) is 0.167. The molecule has 9 heteroatoms. The van der Waals surface area contributed by atoms with Gasteiger partial charge in [0.15, 0.2) is 9.84 Å². The monoisotopic (exact) mass is 387 g/mol. The number of rotatable bonds is 6. The Balaban J connectivity index is 1.74. The smallest absolute Gasteiger partial charge is 0.322 e. The topological polar surface area (TPSA) is 111 Å². The lowest BCUT2D eigenvalue weighted by Gasteiger charge is -2.04. The van der Waals surface area contributed by atoms with E-state index in [0.717, 1.165) is 0 Å². The van der Waals surface area contributed by atoms with Crippen LogP contribution in [-0.2, 0) is 9.84 Å². The summed E-state index contributed by atoms with van der Waals surface area (Å²) < 4.78 is 34.2. The fourth-order valence-electron chi connectivity index (χ4n) is 2.30. The van der Waals surface area contributed by atoms with Gasteiger partial charge in [-0.05, 0) is 42.5 Å². The summed E-state index contributed by atoms with van der Waals surface area (Å²) in [6.45, 7) is 1.56. The molecule has 2 aromatic carbocycles. The third-order valence-corrected chi connectivity index (χ3v) is 5.57. The second kappa shape index (κ2) is 7.58. The first kappa shape index (κ1) is 18.6. The summed E-state index contributed by atoms with van der Waals surface area (Å²) in [6, 6.07) is 12.6. The maximum atomic E-state index is 12.3. The molecule has 0 unspecified atom stereocenters. The van der Waals surface area contributed by atoms with E-state index in [1.54, 1.807) is 38.3 Å². The number of aromatic nitrogens is 2. The summed E-state index contributed by atoms with van der Waals surface area (Å²) >= 11 is 0. The van der Waals surface area contributed by atoms with Crippen molar-refractivity contribution in [2.45, 2.75) is 11.8 Å². The van der Waals surface area contributed by atoms with Crippen LogP contribution in [0.25, 0.3) is 11.5 Å². The molecule has 1 amide bonds. The molecule has 0 radical (unpaired) electrons. The quantitative estimate of drug-likeness (QED) is 0.692. The summed E-state index contributed by atoms with van der Waals surface area (Å²) in [5.74, 6) is 0.372. The normalized spacial score (nSPS) is 11.2. The van der Waals surface area contributed by atoms with Crippen molar-refractivity contribution in [2.24, 2.45) is 0 Å². The van der Waals surface area contributed by atoms with Gasteiger partial charge >= 0.3 is 6.01 Å². The Morgan fingerprint density at radius 1 is 1.15 bits per heavy atom. The number of hydrogen-bond donors (Lipinski definition) is 1.